The number of hydrogen-bond acceptors (Lipinski definition) is 1. The molecule has 0 saturated carbocycles. The van der Waals surface area contributed by atoms with Crippen molar-refractivity contribution in [1.82, 2.24) is 10.3 Å². The molecule has 2 heteroatoms. The molecule has 0 fully saturated rings. The van der Waals surface area contributed by atoms with Gasteiger partial charge in [-0.3, -0.25) is 0 Å². The quantitative estimate of drug-likeness (QED) is 0.824. The van der Waals surface area contributed by atoms with Gasteiger partial charge >= 0.3 is 0 Å². The van der Waals surface area contributed by atoms with Crippen molar-refractivity contribution in [3.05, 3.63) is 39.4 Å². The summed E-state index contributed by atoms with van der Waals surface area (Å²) in [5, 5.41) is 3.66. The Bertz CT molecular complexity index is 585. The maximum Gasteiger partial charge on any atom is 0.0465 e. The van der Waals surface area contributed by atoms with Crippen LogP contribution in [0.25, 0.3) is 5.57 Å². The highest BCUT2D eigenvalue weighted by atomic mass is 15.0. The highest BCUT2D eigenvalue weighted by molar-refractivity contribution is 5.73. The largest absolute Gasteiger partial charge is 0.378 e. The van der Waals surface area contributed by atoms with Crippen LogP contribution in [-0.2, 0) is 6.42 Å². The van der Waals surface area contributed by atoms with Crippen LogP contribution in [0.2, 0.25) is 0 Å². The molecule has 1 aliphatic rings. The van der Waals surface area contributed by atoms with Crippen LogP contribution in [0.15, 0.2) is 16.8 Å². The summed E-state index contributed by atoms with van der Waals surface area (Å²) in [5.74, 6) is 0. The third-order valence-corrected chi connectivity index (χ3v) is 4.82. The van der Waals surface area contributed by atoms with Gasteiger partial charge in [0.1, 0.15) is 0 Å². The van der Waals surface area contributed by atoms with Crippen molar-refractivity contribution in [2.75, 3.05) is 0 Å². The van der Waals surface area contributed by atoms with Gasteiger partial charge in [-0.05, 0) is 75.3 Å². The van der Waals surface area contributed by atoms with Gasteiger partial charge in [-0.2, -0.15) is 0 Å². The van der Waals surface area contributed by atoms with E-state index in [1.807, 2.05) is 0 Å². The molecule has 2 N–H and O–H groups in total. The number of hydrogen-bond donors (Lipinski definition) is 2. The van der Waals surface area contributed by atoms with Crippen LogP contribution in [0, 0.1) is 13.8 Å². The SMILES string of the molecule is CCC1=C(C)/C(=C(\C)c2[nH]c(C)c(CC)c2C)NC1C. The topological polar surface area (TPSA) is 27.8 Å². The average molecular weight is 272 g/mol. The first-order valence-electron chi connectivity index (χ1n) is 7.78. The molecule has 0 aliphatic carbocycles. The molecule has 0 amide bonds. The van der Waals surface area contributed by atoms with E-state index >= 15 is 0 Å². The average Bonchev–Trinajstić information content (AvgIpc) is 2.85. The fourth-order valence-electron chi connectivity index (χ4n) is 3.68. The van der Waals surface area contributed by atoms with Crippen molar-refractivity contribution in [2.24, 2.45) is 0 Å². The number of rotatable bonds is 3. The standard InChI is InChI=1S/C18H28N2/c1-8-15-10(3)17(19-13(15)6)12(5)18-11(4)16(9-2)14(7)20-18/h13,19-20H,8-9H2,1-7H3/b17-12-. The summed E-state index contributed by atoms with van der Waals surface area (Å²) in [5.41, 5.74) is 11.1. The Morgan fingerprint density at radius 1 is 1.10 bits per heavy atom. The highest BCUT2D eigenvalue weighted by Crippen LogP contribution is 2.33. The lowest BCUT2D eigenvalue weighted by Gasteiger charge is -2.11. The number of aromatic nitrogens is 1. The maximum atomic E-state index is 3.66. The summed E-state index contributed by atoms with van der Waals surface area (Å²) in [6.07, 6.45) is 2.22. The second kappa shape index (κ2) is 5.51. The van der Waals surface area contributed by atoms with E-state index in [0.29, 0.717) is 6.04 Å². The summed E-state index contributed by atoms with van der Waals surface area (Å²) in [4.78, 5) is 3.59. The molecule has 1 aromatic rings. The van der Waals surface area contributed by atoms with E-state index in [1.54, 1.807) is 0 Å². The molecular weight excluding hydrogens is 244 g/mol. The van der Waals surface area contributed by atoms with E-state index in [4.69, 9.17) is 0 Å². The number of allylic oxidation sites excluding steroid dienone is 2. The van der Waals surface area contributed by atoms with Gasteiger partial charge in [-0.1, -0.05) is 13.8 Å². The zero-order valence-electron chi connectivity index (χ0n) is 14.0. The van der Waals surface area contributed by atoms with E-state index in [-0.39, 0.29) is 0 Å². The zero-order chi connectivity index (χ0) is 15.0. The summed E-state index contributed by atoms with van der Waals surface area (Å²) in [7, 11) is 0. The normalized spacial score (nSPS) is 21.4. The van der Waals surface area contributed by atoms with Crippen molar-refractivity contribution in [3.8, 4) is 0 Å². The molecule has 1 aromatic heterocycles. The van der Waals surface area contributed by atoms with E-state index < -0.39 is 0 Å². The van der Waals surface area contributed by atoms with Crippen LogP contribution in [0.4, 0.5) is 0 Å². The van der Waals surface area contributed by atoms with E-state index in [0.717, 1.165) is 12.8 Å². The summed E-state index contributed by atoms with van der Waals surface area (Å²) in [6, 6.07) is 0.465. The molecule has 2 heterocycles. The van der Waals surface area contributed by atoms with E-state index in [9.17, 15) is 0 Å². The van der Waals surface area contributed by atoms with Gasteiger partial charge in [-0.25, -0.2) is 0 Å². The van der Waals surface area contributed by atoms with Gasteiger partial charge in [0.05, 0.1) is 0 Å². The predicted molar refractivity (Wildman–Crippen MR) is 87.8 cm³/mol. The minimum atomic E-state index is 0.465. The van der Waals surface area contributed by atoms with Crippen molar-refractivity contribution < 1.29 is 0 Å². The number of H-pyrrole nitrogens is 1. The van der Waals surface area contributed by atoms with Gasteiger partial charge in [0.15, 0.2) is 0 Å². The highest BCUT2D eigenvalue weighted by Gasteiger charge is 2.24. The van der Waals surface area contributed by atoms with Crippen LogP contribution >= 0.6 is 0 Å². The zero-order valence-corrected chi connectivity index (χ0v) is 14.0. The van der Waals surface area contributed by atoms with Crippen molar-refractivity contribution in [1.29, 1.82) is 0 Å². The van der Waals surface area contributed by atoms with Crippen molar-refractivity contribution in [2.45, 2.75) is 67.3 Å². The van der Waals surface area contributed by atoms with Crippen LogP contribution < -0.4 is 5.32 Å². The summed E-state index contributed by atoms with van der Waals surface area (Å²) < 4.78 is 0. The monoisotopic (exact) mass is 272 g/mol. The van der Waals surface area contributed by atoms with Gasteiger partial charge in [0.2, 0.25) is 0 Å². The lowest BCUT2D eigenvalue weighted by atomic mass is 9.99. The smallest absolute Gasteiger partial charge is 0.0465 e. The van der Waals surface area contributed by atoms with Crippen molar-refractivity contribution >= 4 is 5.57 Å². The van der Waals surface area contributed by atoms with E-state index in [2.05, 4.69) is 58.8 Å². The Morgan fingerprint density at radius 3 is 2.20 bits per heavy atom. The summed E-state index contributed by atoms with van der Waals surface area (Å²) in [6.45, 7) is 15.6. The molecule has 20 heavy (non-hydrogen) atoms. The fourth-order valence-corrected chi connectivity index (χ4v) is 3.68. The van der Waals surface area contributed by atoms with Crippen LogP contribution in [0.5, 0.6) is 0 Å². The van der Waals surface area contributed by atoms with Crippen LogP contribution in [0.1, 0.15) is 63.6 Å². The Hall–Kier alpha value is -1.44. The predicted octanol–water partition coefficient (Wildman–Crippen LogP) is 4.64. The van der Waals surface area contributed by atoms with Gasteiger partial charge in [0.25, 0.3) is 0 Å². The van der Waals surface area contributed by atoms with Gasteiger partial charge in [-0.15, -0.1) is 0 Å². The molecule has 1 aliphatic heterocycles. The maximum absolute atomic E-state index is 3.66. The summed E-state index contributed by atoms with van der Waals surface area (Å²) >= 11 is 0. The molecule has 0 spiro atoms. The number of nitrogens with one attached hydrogen (secondary N) is 2. The molecule has 0 aromatic carbocycles. The lowest BCUT2D eigenvalue weighted by Crippen LogP contribution is -2.20. The number of aromatic amines is 1. The minimum Gasteiger partial charge on any atom is -0.378 e. The third-order valence-electron chi connectivity index (χ3n) is 4.82. The molecule has 2 rings (SSSR count). The number of aryl methyl sites for hydroxylation is 1. The Balaban J connectivity index is 2.54. The van der Waals surface area contributed by atoms with Crippen molar-refractivity contribution in [3.63, 3.8) is 0 Å². The molecular formula is C18H28N2. The van der Waals surface area contributed by atoms with Gasteiger partial charge in [0, 0.05) is 23.1 Å². The van der Waals surface area contributed by atoms with E-state index in [1.165, 1.54) is 44.9 Å². The third kappa shape index (κ3) is 2.21. The first kappa shape index (κ1) is 15.0. The van der Waals surface area contributed by atoms with Crippen LogP contribution in [0.3, 0.4) is 0 Å². The second-order valence-corrected chi connectivity index (χ2v) is 5.95. The molecule has 0 bridgehead atoms. The first-order chi connectivity index (χ1) is 9.42. The molecule has 1 atom stereocenters. The fraction of sp³-hybridized carbons (Fsp3) is 0.556. The molecule has 0 radical (unpaired) electrons. The minimum absolute atomic E-state index is 0.465. The molecule has 0 saturated heterocycles. The molecule has 1 unspecified atom stereocenters. The Labute approximate surface area is 123 Å². The molecule has 110 valence electrons. The Kier molecular flexibility index (Phi) is 4.12. The van der Waals surface area contributed by atoms with Crippen LogP contribution in [-0.4, -0.2) is 11.0 Å². The van der Waals surface area contributed by atoms with Gasteiger partial charge < -0.3 is 10.3 Å². The lowest BCUT2D eigenvalue weighted by molar-refractivity contribution is 0.723. The molecule has 2 nitrogen and oxygen atoms in total. The second-order valence-electron chi connectivity index (χ2n) is 5.95. The first-order valence-corrected chi connectivity index (χ1v) is 7.78. The Morgan fingerprint density at radius 2 is 1.75 bits per heavy atom.